The molecule has 0 aromatic heterocycles. The first-order valence-electron chi connectivity index (χ1n) is 10.7. The first kappa shape index (κ1) is 21.8. The van der Waals surface area contributed by atoms with Crippen LogP contribution in [-0.2, 0) is 20.9 Å². The maximum atomic E-state index is 13.3. The van der Waals surface area contributed by atoms with Crippen LogP contribution in [0.25, 0.3) is 0 Å². The molecule has 8 heteroatoms. The summed E-state index contributed by atoms with van der Waals surface area (Å²) >= 11 is 0. The van der Waals surface area contributed by atoms with Crippen molar-refractivity contribution < 1.29 is 23.5 Å². The Morgan fingerprint density at radius 2 is 1.75 bits per heavy atom. The maximum Gasteiger partial charge on any atom is 0.411 e. The van der Waals surface area contributed by atoms with Gasteiger partial charge >= 0.3 is 6.09 Å². The highest BCUT2D eigenvalue weighted by Gasteiger charge is 2.47. The zero-order valence-electron chi connectivity index (χ0n) is 18.0. The van der Waals surface area contributed by atoms with Crippen LogP contribution < -0.4 is 10.6 Å². The molecule has 1 saturated heterocycles. The highest BCUT2D eigenvalue weighted by molar-refractivity contribution is 5.92. The van der Waals surface area contributed by atoms with Gasteiger partial charge in [0, 0.05) is 17.6 Å². The number of amides is 3. The Hall–Kier alpha value is -3.42. The van der Waals surface area contributed by atoms with Gasteiger partial charge in [0.1, 0.15) is 5.82 Å². The van der Waals surface area contributed by atoms with Crippen LogP contribution in [0.1, 0.15) is 43.9 Å². The molecule has 2 atom stereocenters. The molecule has 7 nitrogen and oxygen atoms in total. The second-order valence-corrected chi connectivity index (χ2v) is 8.55. The lowest BCUT2D eigenvalue weighted by Gasteiger charge is -2.24. The Morgan fingerprint density at radius 1 is 1.09 bits per heavy atom. The molecule has 2 fully saturated rings. The van der Waals surface area contributed by atoms with Crippen molar-refractivity contribution >= 4 is 23.6 Å². The number of cyclic esters (lactones) is 1. The van der Waals surface area contributed by atoms with Gasteiger partial charge in [0.2, 0.25) is 11.8 Å². The Labute approximate surface area is 185 Å². The number of carbonyl (C=O) groups is 3. The fourth-order valence-electron chi connectivity index (χ4n) is 3.55. The molecular weight excluding hydrogens is 413 g/mol. The molecule has 1 heterocycles. The normalized spacial score (nSPS) is 20.2. The highest BCUT2D eigenvalue weighted by atomic mass is 19.1. The van der Waals surface area contributed by atoms with Crippen molar-refractivity contribution in [2.45, 2.75) is 51.4 Å². The summed E-state index contributed by atoms with van der Waals surface area (Å²) in [7, 11) is 0. The van der Waals surface area contributed by atoms with Gasteiger partial charge in [-0.05, 0) is 48.2 Å². The lowest BCUT2D eigenvalue weighted by Crippen LogP contribution is -2.46. The smallest absolute Gasteiger partial charge is 0.411 e. The van der Waals surface area contributed by atoms with E-state index in [-0.39, 0.29) is 36.1 Å². The number of benzene rings is 2. The van der Waals surface area contributed by atoms with Crippen LogP contribution in [0.2, 0.25) is 0 Å². The number of anilines is 1. The minimum absolute atomic E-state index is 0.0998. The summed E-state index contributed by atoms with van der Waals surface area (Å²) in [6.07, 6.45) is 0.435. The molecule has 1 aliphatic heterocycles. The van der Waals surface area contributed by atoms with Gasteiger partial charge in [-0.1, -0.05) is 38.1 Å². The van der Waals surface area contributed by atoms with Crippen LogP contribution in [-0.4, -0.2) is 34.9 Å². The van der Waals surface area contributed by atoms with Crippen LogP contribution in [0.4, 0.5) is 14.9 Å². The van der Waals surface area contributed by atoms with E-state index >= 15 is 0 Å². The Balaban J connectivity index is 1.57. The zero-order chi connectivity index (χ0) is 22.8. The molecule has 1 saturated carbocycles. The summed E-state index contributed by atoms with van der Waals surface area (Å²) in [4.78, 5) is 39.1. The van der Waals surface area contributed by atoms with Crippen molar-refractivity contribution in [3.63, 3.8) is 0 Å². The maximum absolute atomic E-state index is 13.3. The van der Waals surface area contributed by atoms with Crippen molar-refractivity contribution in [1.29, 1.82) is 0 Å². The van der Waals surface area contributed by atoms with E-state index in [0.29, 0.717) is 16.8 Å². The zero-order valence-corrected chi connectivity index (χ0v) is 18.0. The summed E-state index contributed by atoms with van der Waals surface area (Å²) in [6, 6.07) is 12.0. The topological polar surface area (TPSA) is 87.7 Å². The third-order valence-corrected chi connectivity index (χ3v) is 5.57. The summed E-state index contributed by atoms with van der Waals surface area (Å²) in [6.45, 7) is 3.74. The van der Waals surface area contributed by atoms with Crippen molar-refractivity contribution in [2.24, 2.45) is 5.92 Å². The Bertz CT molecular complexity index is 1000. The second kappa shape index (κ2) is 8.98. The molecule has 2 aliphatic rings. The van der Waals surface area contributed by atoms with Gasteiger partial charge in [-0.15, -0.1) is 0 Å². The number of carbonyl (C=O) groups excluding carboxylic acids is 3. The van der Waals surface area contributed by atoms with E-state index in [2.05, 4.69) is 10.6 Å². The van der Waals surface area contributed by atoms with E-state index in [1.54, 1.807) is 50.2 Å². The predicted molar refractivity (Wildman–Crippen MR) is 116 cm³/mol. The number of nitrogens with zero attached hydrogens (tertiary/aromatic N) is 1. The molecule has 1 aliphatic carbocycles. The van der Waals surface area contributed by atoms with Crippen molar-refractivity contribution in [1.82, 2.24) is 10.2 Å². The standard InChI is InChI=1S/C24H26FN3O4/c1-14(2)22(29)26-18-9-5-16(6-10-18)21-20(23(30)27-19-11-12-19)28(24(31)32-21)13-15-3-7-17(25)8-4-15/h3-10,14,19-21H,11-13H2,1-2H3,(H,26,29)(H,27,30). The molecule has 32 heavy (non-hydrogen) atoms. The average Bonchev–Trinajstić information content (AvgIpc) is 3.52. The number of nitrogens with one attached hydrogen (secondary N) is 2. The van der Waals surface area contributed by atoms with E-state index < -0.39 is 18.2 Å². The molecular formula is C24H26FN3O4. The van der Waals surface area contributed by atoms with Gasteiger partial charge in [0.05, 0.1) is 6.54 Å². The summed E-state index contributed by atoms with van der Waals surface area (Å²) in [5.41, 5.74) is 1.97. The van der Waals surface area contributed by atoms with Crippen LogP contribution in [0.15, 0.2) is 48.5 Å². The minimum atomic E-state index is -0.857. The van der Waals surface area contributed by atoms with E-state index in [9.17, 15) is 18.8 Å². The van der Waals surface area contributed by atoms with Crippen molar-refractivity contribution in [2.75, 3.05) is 5.32 Å². The summed E-state index contributed by atoms with van der Waals surface area (Å²) in [5, 5.41) is 5.78. The number of halogens is 1. The summed E-state index contributed by atoms with van der Waals surface area (Å²) in [5.74, 6) is -0.899. The average molecular weight is 439 g/mol. The van der Waals surface area contributed by atoms with E-state index in [1.807, 2.05) is 0 Å². The largest absolute Gasteiger partial charge is 0.438 e. The van der Waals surface area contributed by atoms with Gasteiger partial charge in [0.25, 0.3) is 0 Å². The third kappa shape index (κ3) is 4.90. The molecule has 4 rings (SSSR count). The fourth-order valence-corrected chi connectivity index (χ4v) is 3.55. The first-order chi connectivity index (χ1) is 15.3. The lowest BCUT2D eigenvalue weighted by atomic mass is 10.00. The van der Waals surface area contributed by atoms with Gasteiger partial charge in [-0.3, -0.25) is 14.5 Å². The number of hydrogen-bond donors (Lipinski definition) is 2. The van der Waals surface area contributed by atoms with Gasteiger partial charge in [-0.2, -0.15) is 0 Å². The highest BCUT2D eigenvalue weighted by Crippen LogP contribution is 2.35. The van der Waals surface area contributed by atoms with Crippen LogP contribution in [0.3, 0.4) is 0 Å². The summed E-state index contributed by atoms with van der Waals surface area (Å²) < 4.78 is 18.9. The van der Waals surface area contributed by atoms with Gasteiger partial charge < -0.3 is 15.4 Å². The molecule has 2 aromatic carbocycles. The van der Waals surface area contributed by atoms with E-state index in [0.717, 1.165) is 12.8 Å². The predicted octanol–water partition coefficient (Wildman–Crippen LogP) is 3.76. The Morgan fingerprint density at radius 3 is 2.34 bits per heavy atom. The van der Waals surface area contributed by atoms with Crippen molar-refractivity contribution in [3.05, 3.63) is 65.5 Å². The van der Waals surface area contributed by atoms with Crippen molar-refractivity contribution in [3.8, 4) is 0 Å². The monoisotopic (exact) mass is 439 g/mol. The molecule has 0 spiro atoms. The quantitative estimate of drug-likeness (QED) is 0.688. The molecule has 3 amide bonds. The SMILES string of the molecule is CC(C)C(=O)Nc1ccc(C2OC(=O)N(Cc3ccc(F)cc3)C2C(=O)NC2CC2)cc1. The molecule has 2 N–H and O–H groups in total. The van der Waals surface area contributed by atoms with Crippen LogP contribution >= 0.6 is 0 Å². The third-order valence-electron chi connectivity index (χ3n) is 5.57. The van der Waals surface area contributed by atoms with E-state index in [4.69, 9.17) is 4.74 Å². The number of ether oxygens (including phenoxy) is 1. The molecule has 168 valence electrons. The van der Waals surface area contributed by atoms with Gasteiger partial charge in [0.15, 0.2) is 12.1 Å². The molecule has 0 bridgehead atoms. The fraction of sp³-hybridized carbons (Fsp3) is 0.375. The minimum Gasteiger partial charge on any atom is -0.438 e. The lowest BCUT2D eigenvalue weighted by molar-refractivity contribution is -0.126. The van der Waals surface area contributed by atoms with Crippen LogP contribution in [0, 0.1) is 11.7 Å². The van der Waals surface area contributed by atoms with Gasteiger partial charge in [-0.25, -0.2) is 9.18 Å². The second-order valence-electron chi connectivity index (χ2n) is 8.55. The van der Waals surface area contributed by atoms with Crippen LogP contribution in [0.5, 0.6) is 0 Å². The molecule has 0 radical (unpaired) electrons. The molecule has 2 aromatic rings. The van der Waals surface area contributed by atoms with E-state index in [1.165, 1.54) is 17.0 Å². The number of hydrogen-bond acceptors (Lipinski definition) is 4. The molecule has 2 unspecified atom stereocenters. The Kier molecular flexibility index (Phi) is 6.12. The number of rotatable bonds is 7. The first-order valence-corrected chi connectivity index (χ1v) is 10.7.